The van der Waals surface area contributed by atoms with Crippen molar-refractivity contribution in [3.05, 3.63) is 59.4 Å². The first kappa shape index (κ1) is 22.8. The summed E-state index contributed by atoms with van der Waals surface area (Å²) >= 11 is 6.07. The van der Waals surface area contributed by atoms with Gasteiger partial charge in [0, 0.05) is 24.0 Å². The third kappa shape index (κ3) is 5.83. The summed E-state index contributed by atoms with van der Waals surface area (Å²) in [6, 6.07) is 7.96. The van der Waals surface area contributed by atoms with E-state index >= 15 is 0 Å². The first-order chi connectivity index (χ1) is 14.7. The summed E-state index contributed by atoms with van der Waals surface area (Å²) in [6.45, 7) is 3.78. The van der Waals surface area contributed by atoms with Gasteiger partial charge in [-0.15, -0.1) is 0 Å². The van der Waals surface area contributed by atoms with Gasteiger partial charge in [0.2, 0.25) is 5.95 Å². The number of nitrogens with zero attached hydrogens (tertiary/aromatic N) is 3. The Bertz CT molecular complexity index is 1030. The molecule has 3 aromatic rings. The molecule has 0 radical (unpaired) electrons. The van der Waals surface area contributed by atoms with Crippen molar-refractivity contribution >= 4 is 29.1 Å². The highest BCUT2D eigenvalue weighted by molar-refractivity contribution is 6.33. The van der Waals surface area contributed by atoms with Gasteiger partial charge in [0.25, 0.3) is 0 Å². The van der Waals surface area contributed by atoms with Gasteiger partial charge in [-0.25, -0.2) is 4.98 Å². The summed E-state index contributed by atoms with van der Waals surface area (Å²) < 4.78 is 38.7. The Balaban J connectivity index is 1.98. The van der Waals surface area contributed by atoms with Gasteiger partial charge in [-0.05, 0) is 36.2 Å². The van der Waals surface area contributed by atoms with Crippen LogP contribution >= 0.6 is 11.6 Å². The van der Waals surface area contributed by atoms with Crippen LogP contribution < -0.4 is 10.6 Å². The van der Waals surface area contributed by atoms with E-state index in [1.165, 1.54) is 6.07 Å². The van der Waals surface area contributed by atoms with E-state index in [2.05, 4.69) is 25.6 Å². The lowest BCUT2D eigenvalue weighted by Gasteiger charge is -2.21. The van der Waals surface area contributed by atoms with Crippen LogP contribution in [0.2, 0.25) is 5.02 Å². The van der Waals surface area contributed by atoms with Crippen molar-refractivity contribution in [2.75, 3.05) is 17.2 Å². The van der Waals surface area contributed by atoms with Crippen LogP contribution in [0.3, 0.4) is 0 Å². The van der Waals surface area contributed by atoms with E-state index in [0.29, 0.717) is 11.5 Å². The van der Waals surface area contributed by atoms with Crippen molar-refractivity contribution in [3.63, 3.8) is 0 Å². The normalized spacial score (nSPS) is 12.6. The number of aliphatic hydroxyl groups excluding tert-OH is 1. The molecule has 0 aliphatic rings. The minimum absolute atomic E-state index is 0.0937. The highest BCUT2D eigenvalue weighted by atomic mass is 35.5. The van der Waals surface area contributed by atoms with Crippen LogP contribution in [0, 0.1) is 5.92 Å². The lowest BCUT2D eigenvalue weighted by atomic mass is 10.1. The molecule has 10 heteroatoms. The summed E-state index contributed by atoms with van der Waals surface area (Å²) in [6.07, 6.45) is -1.25. The molecule has 0 saturated heterocycles. The molecule has 6 nitrogen and oxygen atoms in total. The lowest BCUT2D eigenvalue weighted by Crippen LogP contribution is -2.30. The third-order valence-corrected chi connectivity index (χ3v) is 4.89. The monoisotopic (exact) mass is 451 g/mol. The van der Waals surface area contributed by atoms with Gasteiger partial charge >= 0.3 is 6.18 Å². The van der Waals surface area contributed by atoms with E-state index in [0.717, 1.165) is 17.7 Å². The van der Waals surface area contributed by atoms with Crippen LogP contribution in [-0.4, -0.2) is 32.7 Å². The average molecular weight is 452 g/mol. The van der Waals surface area contributed by atoms with Crippen molar-refractivity contribution in [1.82, 2.24) is 15.0 Å². The summed E-state index contributed by atoms with van der Waals surface area (Å²) in [5, 5.41) is 15.6. The minimum atomic E-state index is -4.49. The van der Waals surface area contributed by atoms with E-state index in [4.69, 9.17) is 11.6 Å². The molecule has 0 aliphatic carbocycles. The van der Waals surface area contributed by atoms with Crippen molar-refractivity contribution in [3.8, 4) is 11.3 Å². The van der Waals surface area contributed by atoms with E-state index in [1.54, 1.807) is 30.6 Å². The molecule has 0 spiro atoms. The van der Waals surface area contributed by atoms with Crippen LogP contribution in [0.15, 0.2) is 48.8 Å². The molecule has 164 valence electrons. The van der Waals surface area contributed by atoms with Gasteiger partial charge < -0.3 is 15.7 Å². The zero-order chi connectivity index (χ0) is 22.6. The van der Waals surface area contributed by atoms with Gasteiger partial charge in [-0.1, -0.05) is 25.4 Å². The average Bonchev–Trinajstić information content (AvgIpc) is 2.73. The summed E-state index contributed by atoms with van der Waals surface area (Å²) in [5.41, 5.74) is 0.758. The maximum atomic E-state index is 12.9. The highest BCUT2D eigenvalue weighted by Gasteiger charge is 2.31. The number of benzene rings is 1. The van der Waals surface area contributed by atoms with Crippen LogP contribution in [0.4, 0.5) is 30.6 Å². The number of nitrogens with one attached hydrogen (secondary N) is 2. The Labute approximate surface area is 182 Å². The van der Waals surface area contributed by atoms with Gasteiger partial charge in [0.15, 0.2) is 0 Å². The number of hydrogen-bond donors (Lipinski definition) is 3. The molecule has 3 rings (SSSR count). The van der Waals surface area contributed by atoms with E-state index in [1.807, 2.05) is 13.8 Å². The Morgan fingerprint density at radius 1 is 1.06 bits per heavy atom. The van der Waals surface area contributed by atoms with Crippen LogP contribution in [0.1, 0.15) is 19.4 Å². The fourth-order valence-electron chi connectivity index (χ4n) is 2.77. The number of pyridine rings is 1. The second kappa shape index (κ2) is 9.49. The number of aromatic nitrogens is 3. The second-order valence-electron chi connectivity index (χ2n) is 7.19. The zero-order valence-electron chi connectivity index (χ0n) is 16.8. The Hall–Kier alpha value is -2.91. The van der Waals surface area contributed by atoms with Gasteiger partial charge in [-0.2, -0.15) is 18.2 Å². The van der Waals surface area contributed by atoms with Crippen LogP contribution in [0.5, 0.6) is 0 Å². The number of alkyl halides is 3. The quantitative estimate of drug-likeness (QED) is 0.447. The molecule has 1 atom stereocenters. The number of aliphatic hydroxyl groups is 1. The van der Waals surface area contributed by atoms with Crippen molar-refractivity contribution in [2.45, 2.75) is 26.1 Å². The van der Waals surface area contributed by atoms with Crippen molar-refractivity contribution in [2.24, 2.45) is 5.92 Å². The molecule has 0 bridgehead atoms. The smallest absolute Gasteiger partial charge is 0.394 e. The van der Waals surface area contributed by atoms with E-state index in [9.17, 15) is 18.3 Å². The van der Waals surface area contributed by atoms with E-state index in [-0.39, 0.29) is 35.2 Å². The first-order valence-electron chi connectivity index (χ1n) is 9.48. The summed E-state index contributed by atoms with van der Waals surface area (Å²) in [7, 11) is 0. The van der Waals surface area contributed by atoms with Crippen molar-refractivity contribution < 1.29 is 18.3 Å². The van der Waals surface area contributed by atoms with Gasteiger partial charge in [0.05, 0.1) is 34.6 Å². The zero-order valence-corrected chi connectivity index (χ0v) is 17.5. The predicted octanol–water partition coefficient (Wildman–Crippen LogP) is 5.38. The molecular formula is C21H21ClF3N5O. The molecule has 2 aromatic heterocycles. The molecule has 0 fully saturated rings. The summed E-state index contributed by atoms with van der Waals surface area (Å²) in [5.74, 6) is 0.693. The molecule has 0 aliphatic heterocycles. The Morgan fingerprint density at radius 2 is 1.77 bits per heavy atom. The lowest BCUT2D eigenvalue weighted by molar-refractivity contribution is -0.137. The number of halogens is 4. The molecule has 3 N–H and O–H groups in total. The van der Waals surface area contributed by atoms with Crippen LogP contribution in [-0.2, 0) is 6.18 Å². The number of anilines is 3. The van der Waals surface area contributed by atoms with Gasteiger partial charge in [0.1, 0.15) is 5.82 Å². The fourth-order valence-corrected chi connectivity index (χ4v) is 2.99. The molecule has 1 aromatic carbocycles. The Morgan fingerprint density at radius 3 is 2.35 bits per heavy atom. The topological polar surface area (TPSA) is 83.0 Å². The third-order valence-electron chi connectivity index (χ3n) is 4.58. The maximum Gasteiger partial charge on any atom is 0.416 e. The first-order valence-corrected chi connectivity index (χ1v) is 9.86. The predicted molar refractivity (Wildman–Crippen MR) is 114 cm³/mol. The van der Waals surface area contributed by atoms with Crippen molar-refractivity contribution in [1.29, 1.82) is 0 Å². The summed E-state index contributed by atoms with van der Waals surface area (Å²) in [4.78, 5) is 12.9. The van der Waals surface area contributed by atoms with Crippen LogP contribution in [0.25, 0.3) is 11.3 Å². The Kier molecular flexibility index (Phi) is 6.97. The van der Waals surface area contributed by atoms with Gasteiger partial charge in [-0.3, -0.25) is 4.98 Å². The maximum absolute atomic E-state index is 12.9. The largest absolute Gasteiger partial charge is 0.416 e. The SMILES string of the molecule is CC(C)[C@H](CO)Nc1nc(Nc2ccc(C(F)(F)F)cc2Cl)cc(-c2ccncc2)n1. The molecule has 0 unspecified atom stereocenters. The minimum Gasteiger partial charge on any atom is -0.394 e. The standard InChI is InChI=1S/C21H21ClF3N5O/c1-12(2)18(11-31)29-20-28-17(13-5-7-26-8-6-13)10-19(30-20)27-16-4-3-14(9-15(16)22)21(23,24)25/h3-10,12,18,31H,11H2,1-2H3,(H2,27,28,29,30)/t18-/m0/s1. The molecule has 0 amide bonds. The molecular weight excluding hydrogens is 431 g/mol. The molecule has 31 heavy (non-hydrogen) atoms. The molecule has 2 heterocycles. The number of rotatable bonds is 7. The highest BCUT2D eigenvalue weighted by Crippen LogP contribution is 2.35. The fraction of sp³-hybridized carbons (Fsp3) is 0.286. The van der Waals surface area contributed by atoms with E-state index < -0.39 is 11.7 Å². The molecule has 0 saturated carbocycles. The second-order valence-corrected chi connectivity index (χ2v) is 7.60. The number of hydrogen-bond acceptors (Lipinski definition) is 6.